The van der Waals surface area contributed by atoms with Gasteiger partial charge in [0.25, 0.3) is 0 Å². The molecule has 0 aromatic carbocycles. The number of hydrogen-bond donors (Lipinski definition) is 2. The molecule has 1 aliphatic carbocycles. The lowest BCUT2D eigenvalue weighted by Gasteiger charge is -2.29. The van der Waals surface area contributed by atoms with Crippen LogP contribution in [0.3, 0.4) is 0 Å². The first-order chi connectivity index (χ1) is 7.84. The number of carboxylic acid groups (broad SMARTS) is 1. The summed E-state index contributed by atoms with van der Waals surface area (Å²) in [6.45, 7) is 4.37. The molecule has 0 spiro atoms. The Morgan fingerprint density at radius 2 is 1.82 bits per heavy atom. The summed E-state index contributed by atoms with van der Waals surface area (Å²) in [5.41, 5.74) is 0. The highest BCUT2D eigenvalue weighted by Gasteiger charge is 2.39. The third-order valence-electron chi connectivity index (χ3n) is 2.76. The predicted molar refractivity (Wildman–Crippen MR) is 60.2 cm³/mol. The molecule has 1 fully saturated rings. The third kappa shape index (κ3) is 3.44. The second-order valence-corrected chi connectivity index (χ2v) is 4.41. The van der Waals surface area contributed by atoms with E-state index in [9.17, 15) is 14.4 Å². The fraction of sp³-hybridized carbons (Fsp3) is 0.727. The Morgan fingerprint density at radius 1 is 1.29 bits per heavy atom. The second kappa shape index (κ2) is 5.16. The van der Waals surface area contributed by atoms with Gasteiger partial charge in [-0.05, 0) is 26.7 Å². The van der Waals surface area contributed by atoms with Crippen molar-refractivity contribution in [3.63, 3.8) is 0 Å². The van der Waals surface area contributed by atoms with Crippen LogP contribution in [-0.2, 0) is 14.4 Å². The summed E-state index contributed by atoms with van der Waals surface area (Å²) in [6, 6.07) is -1.54. The maximum atomic E-state index is 12.1. The van der Waals surface area contributed by atoms with E-state index >= 15 is 0 Å². The Bertz CT molecular complexity index is 338. The normalized spacial score (nSPS) is 18.1. The van der Waals surface area contributed by atoms with E-state index in [1.54, 1.807) is 6.92 Å². The Labute approximate surface area is 100.0 Å². The summed E-state index contributed by atoms with van der Waals surface area (Å²) in [4.78, 5) is 35.2. The second-order valence-electron chi connectivity index (χ2n) is 4.41. The van der Waals surface area contributed by atoms with E-state index in [0.717, 1.165) is 12.8 Å². The molecule has 2 unspecified atom stereocenters. The molecule has 0 aliphatic heterocycles. The van der Waals surface area contributed by atoms with Crippen LogP contribution in [0.1, 0.15) is 33.6 Å². The van der Waals surface area contributed by atoms with Crippen LogP contribution in [0.5, 0.6) is 0 Å². The van der Waals surface area contributed by atoms with E-state index < -0.39 is 18.1 Å². The van der Waals surface area contributed by atoms with Crippen LogP contribution >= 0.6 is 0 Å². The van der Waals surface area contributed by atoms with E-state index in [0.29, 0.717) is 0 Å². The van der Waals surface area contributed by atoms with Crippen LogP contribution in [0, 0.1) is 0 Å². The van der Waals surface area contributed by atoms with Crippen molar-refractivity contribution in [3.05, 3.63) is 0 Å². The third-order valence-corrected chi connectivity index (χ3v) is 2.76. The first-order valence-electron chi connectivity index (χ1n) is 5.66. The summed E-state index contributed by atoms with van der Waals surface area (Å²) in [7, 11) is 0. The summed E-state index contributed by atoms with van der Waals surface area (Å²) in [5.74, 6) is -1.66. The molecule has 2 amide bonds. The molecule has 0 aromatic rings. The standard InChI is InChI=1S/C11H18N2O4/c1-6(12-8(3)14)10(15)13(9-4-5-9)7(2)11(16)17/h6-7,9H,4-5H2,1-3H3,(H,12,14)(H,16,17). The fourth-order valence-corrected chi connectivity index (χ4v) is 1.75. The molecule has 96 valence electrons. The van der Waals surface area contributed by atoms with Crippen molar-refractivity contribution in [2.45, 2.75) is 51.7 Å². The van der Waals surface area contributed by atoms with Crippen molar-refractivity contribution >= 4 is 17.8 Å². The van der Waals surface area contributed by atoms with Gasteiger partial charge in [0, 0.05) is 13.0 Å². The van der Waals surface area contributed by atoms with Crippen molar-refractivity contribution in [1.29, 1.82) is 0 Å². The van der Waals surface area contributed by atoms with E-state index in [1.807, 2.05) is 0 Å². The summed E-state index contributed by atoms with van der Waals surface area (Å²) in [6.07, 6.45) is 1.66. The van der Waals surface area contributed by atoms with E-state index in [-0.39, 0.29) is 17.9 Å². The number of hydrogen-bond acceptors (Lipinski definition) is 3. The van der Waals surface area contributed by atoms with Crippen LogP contribution in [-0.4, -0.2) is 45.9 Å². The molecular weight excluding hydrogens is 224 g/mol. The SMILES string of the molecule is CC(=O)NC(C)C(=O)N(C1CC1)C(C)C(=O)O. The molecule has 0 saturated heterocycles. The molecule has 0 heterocycles. The monoisotopic (exact) mass is 242 g/mol. The van der Waals surface area contributed by atoms with Crippen LogP contribution in [0.2, 0.25) is 0 Å². The number of carboxylic acids is 1. The molecule has 1 aliphatic rings. The van der Waals surface area contributed by atoms with Gasteiger partial charge in [-0.25, -0.2) is 4.79 Å². The molecule has 17 heavy (non-hydrogen) atoms. The van der Waals surface area contributed by atoms with Gasteiger partial charge in [0.1, 0.15) is 12.1 Å². The number of rotatable bonds is 5. The Hall–Kier alpha value is -1.59. The highest BCUT2D eigenvalue weighted by Crippen LogP contribution is 2.29. The first kappa shape index (κ1) is 13.5. The van der Waals surface area contributed by atoms with Gasteiger partial charge in [-0.3, -0.25) is 9.59 Å². The number of nitrogens with zero attached hydrogens (tertiary/aromatic N) is 1. The smallest absolute Gasteiger partial charge is 0.326 e. The lowest BCUT2D eigenvalue weighted by atomic mass is 10.2. The zero-order chi connectivity index (χ0) is 13.2. The number of amides is 2. The van der Waals surface area contributed by atoms with Gasteiger partial charge in [0.15, 0.2) is 0 Å². The molecule has 2 N–H and O–H groups in total. The van der Waals surface area contributed by atoms with Crippen LogP contribution in [0.25, 0.3) is 0 Å². The number of carbonyl (C=O) groups excluding carboxylic acids is 2. The van der Waals surface area contributed by atoms with Gasteiger partial charge in [-0.1, -0.05) is 0 Å². The minimum absolute atomic E-state index is 0.00445. The molecular formula is C11H18N2O4. The molecule has 6 nitrogen and oxygen atoms in total. The predicted octanol–water partition coefficient (Wildman–Crippen LogP) is -0.0249. The van der Waals surface area contributed by atoms with Gasteiger partial charge in [-0.2, -0.15) is 0 Å². The largest absolute Gasteiger partial charge is 0.480 e. The van der Waals surface area contributed by atoms with Gasteiger partial charge in [0.2, 0.25) is 11.8 Å². The first-order valence-corrected chi connectivity index (χ1v) is 5.66. The summed E-state index contributed by atoms with van der Waals surface area (Å²) < 4.78 is 0. The quantitative estimate of drug-likeness (QED) is 0.709. The maximum Gasteiger partial charge on any atom is 0.326 e. The van der Waals surface area contributed by atoms with Crippen molar-refractivity contribution in [3.8, 4) is 0 Å². The van der Waals surface area contributed by atoms with Crippen molar-refractivity contribution in [2.75, 3.05) is 0 Å². The van der Waals surface area contributed by atoms with Crippen molar-refractivity contribution in [1.82, 2.24) is 10.2 Å². The average molecular weight is 242 g/mol. The molecule has 0 radical (unpaired) electrons. The lowest BCUT2D eigenvalue weighted by Crippen LogP contribution is -2.52. The van der Waals surface area contributed by atoms with E-state index in [4.69, 9.17) is 5.11 Å². The van der Waals surface area contributed by atoms with Gasteiger partial charge < -0.3 is 15.3 Å². The van der Waals surface area contributed by atoms with Gasteiger partial charge in [-0.15, -0.1) is 0 Å². The van der Waals surface area contributed by atoms with Crippen LogP contribution in [0.15, 0.2) is 0 Å². The molecule has 6 heteroatoms. The molecule has 0 aromatic heterocycles. The Balaban J connectivity index is 2.73. The van der Waals surface area contributed by atoms with Crippen molar-refractivity contribution in [2.24, 2.45) is 0 Å². The molecule has 0 bridgehead atoms. The highest BCUT2D eigenvalue weighted by molar-refractivity contribution is 5.90. The number of aliphatic carboxylic acids is 1. The highest BCUT2D eigenvalue weighted by atomic mass is 16.4. The van der Waals surface area contributed by atoms with Crippen molar-refractivity contribution < 1.29 is 19.5 Å². The van der Waals surface area contributed by atoms with Gasteiger partial charge >= 0.3 is 5.97 Å². The number of carbonyl (C=O) groups is 3. The minimum atomic E-state index is -1.03. The maximum absolute atomic E-state index is 12.1. The number of nitrogens with one attached hydrogen (secondary N) is 1. The topological polar surface area (TPSA) is 86.7 Å². The lowest BCUT2D eigenvalue weighted by molar-refractivity contribution is -0.151. The van der Waals surface area contributed by atoms with Crippen LogP contribution in [0.4, 0.5) is 0 Å². The zero-order valence-electron chi connectivity index (χ0n) is 10.3. The summed E-state index contributed by atoms with van der Waals surface area (Å²) in [5, 5.41) is 11.4. The molecule has 1 rings (SSSR count). The van der Waals surface area contributed by atoms with Crippen LogP contribution < -0.4 is 5.32 Å². The Morgan fingerprint density at radius 3 is 2.18 bits per heavy atom. The zero-order valence-corrected chi connectivity index (χ0v) is 10.3. The Kier molecular flexibility index (Phi) is 4.09. The molecule has 2 atom stereocenters. The van der Waals surface area contributed by atoms with Gasteiger partial charge in [0.05, 0.1) is 0 Å². The van der Waals surface area contributed by atoms with E-state index in [2.05, 4.69) is 5.32 Å². The molecule has 1 saturated carbocycles. The van der Waals surface area contributed by atoms with E-state index in [1.165, 1.54) is 18.7 Å². The minimum Gasteiger partial charge on any atom is -0.480 e. The average Bonchev–Trinajstić information content (AvgIpc) is 3.00. The fourth-order valence-electron chi connectivity index (χ4n) is 1.75. The summed E-state index contributed by atoms with van der Waals surface area (Å²) >= 11 is 0.